The van der Waals surface area contributed by atoms with Crippen LogP contribution in [0.3, 0.4) is 0 Å². The van der Waals surface area contributed by atoms with Crippen molar-refractivity contribution >= 4 is 40.9 Å². The molecule has 4 heterocycles. The number of allylic oxidation sites excluding steroid dienone is 1. The molecule has 0 saturated carbocycles. The number of hydrogen-bond acceptors (Lipinski definition) is 7. The Morgan fingerprint density at radius 1 is 1.06 bits per heavy atom. The van der Waals surface area contributed by atoms with Gasteiger partial charge in [0, 0.05) is 48.5 Å². The average Bonchev–Trinajstić information content (AvgIpc) is 3.33. The highest BCUT2D eigenvalue weighted by molar-refractivity contribution is 8.04. The molecular formula is C24H26N6S. The Bertz CT molecular complexity index is 1100. The Balaban J connectivity index is 1.13. The van der Waals surface area contributed by atoms with Crippen LogP contribution in [0, 0.1) is 5.92 Å². The molecule has 6 nitrogen and oxygen atoms in total. The number of piperidine rings is 1. The second kappa shape index (κ2) is 9.58. The molecule has 1 saturated heterocycles. The first-order valence-electron chi connectivity index (χ1n) is 10.8. The number of para-hydroxylation sites is 1. The van der Waals surface area contributed by atoms with Gasteiger partial charge in [0.15, 0.2) is 0 Å². The number of aliphatic imine (C=N–C) groups is 1. The zero-order chi connectivity index (χ0) is 20.9. The predicted molar refractivity (Wildman–Crippen MR) is 129 cm³/mol. The van der Waals surface area contributed by atoms with Gasteiger partial charge in [-0.2, -0.15) is 0 Å². The molecule has 158 valence electrons. The minimum absolute atomic E-state index is 0.681. The van der Waals surface area contributed by atoms with Crippen LogP contribution in [0.4, 0.5) is 5.95 Å². The smallest absolute Gasteiger partial charge is 0.225 e. The van der Waals surface area contributed by atoms with E-state index in [1.807, 2.05) is 30.7 Å². The third-order valence-corrected chi connectivity index (χ3v) is 6.70. The van der Waals surface area contributed by atoms with E-state index in [0.29, 0.717) is 5.92 Å². The van der Waals surface area contributed by atoms with E-state index in [1.165, 1.54) is 10.9 Å². The maximum Gasteiger partial charge on any atom is 0.225 e. The Hall–Kier alpha value is -2.77. The first-order valence-corrected chi connectivity index (χ1v) is 11.8. The van der Waals surface area contributed by atoms with Gasteiger partial charge < -0.3 is 10.2 Å². The normalized spacial score (nSPS) is 18.3. The first kappa shape index (κ1) is 20.2. The number of hydrogen-bond donors (Lipinski definition) is 1. The Labute approximate surface area is 186 Å². The lowest BCUT2D eigenvalue weighted by atomic mass is 9.97. The van der Waals surface area contributed by atoms with E-state index in [2.05, 4.69) is 55.5 Å². The largest absolute Gasteiger partial charge is 0.341 e. The summed E-state index contributed by atoms with van der Waals surface area (Å²) >= 11 is 1.74. The molecule has 0 bridgehead atoms. The van der Waals surface area contributed by atoms with Crippen LogP contribution < -0.4 is 10.2 Å². The lowest BCUT2D eigenvalue weighted by molar-refractivity contribution is 0.380. The SMILES string of the molecule is C1=NCS/C1=C\c1ccnc(N2CCC(CNCc3ccnc4ccccc34)CC2)n1. The summed E-state index contributed by atoms with van der Waals surface area (Å²) in [4.78, 5) is 21.5. The van der Waals surface area contributed by atoms with Crippen LogP contribution in [0.15, 0.2) is 58.7 Å². The summed E-state index contributed by atoms with van der Waals surface area (Å²) < 4.78 is 0. The molecule has 1 aromatic carbocycles. The van der Waals surface area contributed by atoms with Gasteiger partial charge in [0.25, 0.3) is 0 Å². The molecule has 5 rings (SSSR count). The van der Waals surface area contributed by atoms with Crippen molar-refractivity contribution in [3.8, 4) is 0 Å². The number of pyridine rings is 1. The Morgan fingerprint density at radius 2 is 1.94 bits per heavy atom. The molecule has 7 heteroatoms. The summed E-state index contributed by atoms with van der Waals surface area (Å²) in [6.07, 6.45) is 10.1. The van der Waals surface area contributed by atoms with Crippen molar-refractivity contribution < 1.29 is 0 Å². The van der Waals surface area contributed by atoms with Crippen LogP contribution in [-0.2, 0) is 6.54 Å². The van der Waals surface area contributed by atoms with Crippen LogP contribution in [0.25, 0.3) is 17.0 Å². The highest BCUT2D eigenvalue weighted by Crippen LogP contribution is 2.24. The molecule has 3 aromatic rings. The quantitative estimate of drug-likeness (QED) is 0.634. The lowest BCUT2D eigenvalue weighted by Gasteiger charge is -2.32. The van der Waals surface area contributed by atoms with Crippen molar-refractivity contribution in [3.63, 3.8) is 0 Å². The minimum atomic E-state index is 0.681. The fraction of sp³-hybridized carbons (Fsp3) is 0.333. The molecule has 31 heavy (non-hydrogen) atoms. The summed E-state index contributed by atoms with van der Waals surface area (Å²) in [6.45, 7) is 3.92. The van der Waals surface area contributed by atoms with E-state index in [-0.39, 0.29) is 0 Å². The zero-order valence-electron chi connectivity index (χ0n) is 17.4. The number of anilines is 1. The molecule has 2 aliphatic rings. The van der Waals surface area contributed by atoms with Gasteiger partial charge in [-0.3, -0.25) is 9.98 Å². The van der Waals surface area contributed by atoms with Crippen molar-refractivity contribution in [2.75, 3.05) is 30.4 Å². The van der Waals surface area contributed by atoms with E-state index in [4.69, 9.17) is 4.98 Å². The molecule has 2 aliphatic heterocycles. The molecular weight excluding hydrogens is 404 g/mol. The second-order valence-electron chi connectivity index (χ2n) is 7.96. The fourth-order valence-electron chi connectivity index (χ4n) is 4.15. The van der Waals surface area contributed by atoms with Crippen molar-refractivity contribution in [3.05, 3.63) is 65.0 Å². The third-order valence-electron chi connectivity index (χ3n) is 5.86. The molecule has 0 unspecified atom stereocenters. The lowest BCUT2D eigenvalue weighted by Crippen LogP contribution is -2.38. The summed E-state index contributed by atoms with van der Waals surface area (Å²) in [5.74, 6) is 2.33. The van der Waals surface area contributed by atoms with Crippen molar-refractivity contribution in [1.82, 2.24) is 20.3 Å². The molecule has 0 atom stereocenters. The topological polar surface area (TPSA) is 66.3 Å². The highest BCUT2D eigenvalue weighted by Gasteiger charge is 2.21. The monoisotopic (exact) mass is 430 g/mol. The van der Waals surface area contributed by atoms with Crippen LogP contribution >= 0.6 is 11.8 Å². The molecule has 2 aromatic heterocycles. The minimum Gasteiger partial charge on any atom is -0.341 e. The van der Waals surface area contributed by atoms with Crippen molar-refractivity contribution in [1.29, 1.82) is 0 Å². The Kier molecular flexibility index (Phi) is 6.22. The van der Waals surface area contributed by atoms with Gasteiger partial charge in [0.2, 0.25) is 5.95 Å². The number of nitrogens with zero attached hydrogens (tertiary/aromatic N) is 5. The second-order valence-corrected chi connectivity index (χ2v) is 8.98. The van der Waals surface area contributed by atoms with E-state index < -0.39 is 0 Å². The number of nitrogens with one attached hydrogen (secondary N) is 1. The molecule has 1 fully saturated rings. The fourth-order valence-corrected chi connectivity index (χ4v) is 4.80. The number of fused-ring (bicyclic) bond motifs is 1. The van der Waals surface area contributed by atoms with Gasteiger partial charge in [-0.1, -0.05) is 18.2 Å². The zero-order valence-corrected chi connectivity index (χ0v) is 18.3. The van der Waals surface area contributed by atoms with E-state index in [9.17, 15) is 0 Å². The van der Waals surface area contributed by atoms with Crippen LogP contribution in [0.1, 0.15) is 24.1 Å². The average molecular weight is 431 g/mol. The van der Waals surface area contributed by atoms with E-state index in [1.54, 1.807) is 11.8 Å². The number of rotatable bonds is 6. The summed E-state index contributed by atoms with van der Waals surface area (Å²) in [5, 5.41) is 4.91. The summed E-state index contributed by atoms with van der Waals surface area (Å²) in [5.41, 5.74) is 3.33. The number of benzene rings is 1. The molecule has 0 spiro atoms. The third kappa shape index (κ3) is 4.94. The maximum atomic E-state index is 4.76. The maximum absolute atomic E-state index is 4.76. The summed E-state index contributed by atoms with van der Waals surface area (Å²) in [6, 6.07) is 12.4. The number of aromatic nitrogens is 3. The van der Waals surface area contributed by atoms with Gasteiger partial charge in [0.05, 0.1) is 17.1 Å². The van der Waals surface area contributed by atoms with Gasteiger partial charge >= 0.3 is 0 Å². The van der Waals surface area contributed by atoms with Crippen LogP contribution in [0.2, 0.25) is 0 Å². The van der Waals surface area contributed by atoms with E-state index >= 15 is 0 Å². The molecule has 0 aliphatic carbocycles. The van der Waals surface area contributed by atoms with Crippen LogP contribution in [-0.4, -0.2) is 46.7 Å². The highest BCUT2D eigenvalue weighted by atomic mass is 32.2. The van der Waals surface area contributed by atoms with Crippen molar-refractivity contribution in [2.24, 2.45) is 10.9 Å². The van der Waals surface area contributed by atoms with Gasteiger partial charge in [-0.05, 0) is 55.1 Å². The number of thioether (sulfide) groups is 1. The molecule has 0 amide bonds. The predicted octanol–water partition coefficient (Wildman–Crippen LogP) is 4.15. The first-order chi connectivity index (χ1) is 15.3. The molecule has 0 radical (unpaired) electrons. The van der Waals surface area contributed by atoms with Crippen LogP contribution in [0.5, 0.6) is 0 Å². The van der Waals surface area contributed by atoms with Gasteiger partial charge in [0.1, 0.15) is 0 Å². The van der Waals surface area contributed by atoms with E-state index in [0.717, 1.165) is 67.0 Å². The molecule has 1 N–H and O–H groups in total. The van der Waals surface area contributed by atoms with Crippen molar-refractivity contribution in [2.45, 2.75) is 19.4 Å². The van der Waals surface area contributed by atoms with Gasteiger partial charge in [-0.25, -0.2) is 9.97 Å². The summed E-state index contributed by atoms with van der Waals surface area (Å²) in [7, 11) is 0. The Morgan fingerprint density at radius 3 is 2.81 bits per heavy atom. The standard InChI is InChI=1S/C24H26N6S/c1-2-4-23-22(3-1)19(5-9-27-23)15-25-14-18-7-11-30(12-8-18)24-28-10-6-20(29-24)13-21-16-26-17-31-21/h1-6,9-10,13,16,18,25H,7-8,11-12,14-15,17H2/b21-13-. The van der Waals surface area contributed by atoms with Gasteiger partial charge in [-0.15, -0.1) is 11.8 Å².